The smallest absolute Gasteiger partial charge is 0.0102 e. The van der Waals surface area contributed by atoms with Crippen LogP contribution >= 0.6 is 0 Å². The SMILES string of the molecule is CCCNCC(C)C(C)N(C)CC1CCN(C)CC1. The summed E-state index contributed by atoms with van der Waals surface area (Å²) >= 11 is 0. The van der Waals surface area contributed by atoms with Crippen molar-refractivity contribution in [2.24, 2.45) is 11.8 Å². The third kappa shape index (κ3) is 6.24. The molecule has 1 heterocycles. The average Bonchev–Trinajstić information content (AvgIpc) is 2.40. The van der Waals surface area contributed by atoms with Crippen molar-refractivity contribution in [3.63, 3.8) is 0 Å². The Kier molecular flexibility index (Phi) is 7.96. The Morgan fingerprint density at radius 3 is 2.47 bits per heavy atom. The highest BCUT2D eigenvalue weighted by Gasteiger charge is 2.22. The van der Waals surface area contributed by atoms with Crippen LogP contribution in [0.15, 0.2) is 0 Å². The summed E-state index contributed by atoms with van der Waals surface area (Å²) in [6.45, 7) is 13.1. The maximum absolute atomic E-state index is 3.55. The van der Waals surface area contributed by atoms with Gasteiger partial charge in [-0.15, -0.1) is 0 Å². The topological polar surface area (TPSA) is 18.5 Å². The second-order valence-corrected chi connectivity index (χ2v) is 6.61. The third-order valence-electron chi connectivity index (χ3n) is 4.80. The number of hydrogen-bond donors (Lipinski definition) is 1. The highest BCUT2D eigenvalue weighted by atomic mass is 15.1. The Balaban J connectivity index is 2.25. The number of likely N-dealkylation sites (tertiary alicyclic amines) is 1. The lowest BCUT2D eigenvalue weighted by Gasteiger charge is -2.36. The molecule has 1 N–H and O–H groups in total. The molecule has 0 aliphatic carbocycles. The molecule has 1 rings (SSSR count). The van der Waals surface area contributed by atoms with Crippen LogP contribution in [0, 0.1) is 11.8 Å². The zero-order chi connectivity index (χ0) is 14.3. The van der Waals surface area contributed by atoms with Gasteiger partial charge in [-0.25, -0.2) is 0 Å². The van der Waals surface area contributed by atoms with E-state index in [1.54, 1.807) is 0 Å². The van der Waals surface area contributed by atoms with Crippen molar-refractivity contribution in [3.05, 3.63) is 0 Å². The second-order valence-electron chi connectivity index (χ2n) is 6.61. The molecule has 0 saturated carbocycles. The Bertz CT molecular complexity index is 224. The molecule has 0 bridgehead atoms. The molecule has 19 heavy (non-hydrogen) atoms. The highest BCUT2D eigenvalue weighted by molar-refractivity contribution is 4.77. The maximum atomic E-state index is 3.55. The van der Waals surface area contributed by atoms with Crippen LogP contribution in [0.25, 0.3) is 0 Å². The molecule has 1 saturated heterocycles. The number of piperidine rings is 1. The molecule has 3 heteroatoms. The minimum Gasteiger partial charge on any atom is -0.316 e. The van der Waals surface area contributed by atoms with Crippen LogP contribution in [-0.2, 0) is 0 Å². The number of rotatable bonds is 8. The van der Waals surface area contributed by atoms with Crippen LogP contribution in [0.5, 0.6) is 0 Å². The van der Waals surface area contributed by atoms with E-state index in [0.29, 0.717) is 6.04 Å². The Hall–Kier alpha value is -0.120. The van der Waals surface area contributed by atoms with Crippen LogP contribution in [-0.4, -0.2) is 62.7 Å². The molecule has 3 nitrogen and oxygen atoms in total. The van der Waals surface area contributed by atoms with Crippen molar-refractivity contribution >= 4 is 0 Å². The van der Waals surface area contributed by atoms with Crippen LogP contribution in [0.4, 0.5) is 0 Å². The summed E-state index contributed by atoms with van der Waals surface area (Å²) in [7, 11) is 4.54. The number of hydrogen-bond acceptors (Lipinski definition) is 3. The van der Waals surface area contributed by atoms with Gasteiger partial charge in [0.1, 0.15) is 0 Å². The van der Waals surface area contributed by atoms with E-state index >= 15 is 0 Å². The molecule has 0 radical (unpaired) electrons. The number of nitrogens with zero attached hydrogens (tertiary/aromatic N) is 2. The summed E-state index contributed by atoms with van der Waals surface area (Å²) in [5, 5.41) is 3.55. The fraction of sp³-hybridized carbons (Fsp3) is 1.00. The van der Waals surface area contributed by atoms with Crippen molar-refractivity contribution < 1.29 is 0 Å². The molecule has 1 aliphatic rings. The summed E-state index contributed by atoms with van der Waals surface area (Å²) in [5.74, 6) is 1.63. The first-order chi connectivity index (χ1) is 9.04. The molecule has 1 aliphatic heterocycles. The second kappa shape index (κ2) is 8.93. The van der Waals surface area contributed by atoms with Gasteiger partial charge < -0.3 is 15.1 Å². The van der Waals surface area contributed by atoms with E-state index in [4.69, 9.17) is 0 Å². The lowest BCUT2D eigenvalue weighted by atomic mass is 9.94. The van der Waals surface area contributed by atoms with E-state index in [2.05, 4.69) is 50.0 Å². The van der Waals surface area contributed by atoms with Gasteiger partial charge in [0, 0.05) is 12.6 Å². The minimum atomic E-state index is 0.670. The molecule has 0 aromatic heterocycles. The largest absolute Gasteiger partial charge is 0.316 e. The van der Waals surface area contributed by atoms with E-state index in [1.165, 1.54) is 38.9 Å². The standard InChI is InChI=1S/C16H35N3/c1-6-9-17-12-14(2)15(3)19(5)13-16-7-10-18(4)11-8-16/h14-17H,6-13H2,1-5H3. The maximum Gasteiger partial charge on any atom is 0.0102 e. The monoisotopic (exact) mass is 269 g/mol. The first kappa shape index (κ1) is 16.9. The summed E-state index contributed by atoms with van der Waals surface area (Å²) in [4.78, 5) is 5.03. The zero-order valence-electron chi connectivity index (χ0n) is 13.8. The van der Waals surface area contributed by atoms with Crippen LogP contribution in [0.3, 0.4) is 0 Å². The molecule has 2 atom stereocenters. The third-order valence-corrected chi connectivity index (χ3v) is 4.80. The van der Waals surface area contributed by atoms with E-state index in [0.717, 1.165) is 24.9 Å². The Morgan fingerprint density at radius 1 is 1.26 bits per heavy atom. The Morgan fingerprint density at radius 2 is 1.89 bits per heavy atom. The average molecular weight is 269 g/mol. The number of nitrogens with one attached hydrogen (secondary N) is 1. The quantitative estimate of drug-likeness (QED) is 0.682. The van der Waals surface area contributed by atoms with Gasteiger partial charge in [0.25, 0.3) is 0 Å². The molecule has 114 valence electrons. The van der Waals surface area contributed by atoms with Crippen LogP contribution in [0.2, 0.25) is 0 Å². The van der Waals surface area contributed by atoms with Gasteiger partial charge in [0.2, 0.25) is 0 Å². The molecule has 0 amide bonds. The first-order valence-electron chi connectivity index (χ1n) is 8.14. The molecule has 2 unspecified atom stereocenters. The van der Waals surface area contributed by atoms with E-state index in [9.17, 15) is 0 Å². The summed E-state index contributed by atoms with van der Waals surface area (Å²) in [6.07, 6.45) is 3.97. The lowest BCUT2D eigenvalue weighted by Crippen LogP contribution is -2.43. The van der Waals surface area contributed by atoms with Gasteiger partial charge in [-0.2, -0.15) is 0 Å². The zero-order valence-corrected chi connectivity index (χ0v) is 13.8. The fourth-order valence-corrected chi connectivity index (χ4v) is 2.93. The normalized spacial score (nSPS) is 21.8. The first-order valence-corrected chi connectivity index (χ1v) is 8.14. The summed E-state index contributed by atoms with van der Waals surface area (Å²) in [6, 6.07) is 0.670. The molecule has 0 aromatic rings. The van der Waals surface area contributed by atoms with Crippen molar-refractivity contribution in [1.29, 1.82) is 0 Å². The van der Waals surface area contributed by atoms with Crippen LogP contribution in [0.1, 0.15) is 40.0 Å². The highest BCUT2D eigenvalue weighted by Crippen LogP contribution is 2.19. The summed E-state index contributed by atoms with van der Waals surface area (Å²) in [5.41, 5.74) is 0. The van der Waals surface area contributed by atoms with Crippen molar-refractivity contribution in [1.82, 2.24) is 15.1 Å². The molecule has 0 aromatic carbocycles. The minimum absolute atomic E-state index is 0.670. The van der Waals surface area contributed by atoms with E-state index in [1.807, 2.05) is 0 Å². The molecule has 1 fully saturated rings. The molecular weight excluding hydrogens is 234 g/mol. The van der Waals surface area contributed by atoms with Gasteiger partial charge in [0.15, 0.2) is 0 Å². The van der Waals surface area contributed by atoms with Crippen molar-refractivity contribution in [2.75, 3.05) is 46.8 Å². The van der Waals surface area contributed by atoms with Gasteiger partial charge in [0.05, 0.1) is 0 Å². The van der Waals surface area contributed by atoms with E-state index < -0.39 is 0 Å². The van der Waals surface area contributed by atoms with Gasteiger partial charge >= 0.3 is 0 Å². The summed E-state index contributed by atoms with van der Waals surface area (Å²) < 4.78 is 0. The van der Waals surface area contributed by atoms with E-state index in [-0.39, 0.29) is 0 Å². The van der Waals surface area contributed by atoms with Crippen LogP contribution < -0.4 is 5.32 Å². The molecular formula is C16H35N3. The van der Waals surface area contributed by atoms with Crippen molar-refractivity contribution in [3.8, 4) is 0 Å². The van der Waals surface area contributed by atoms with Crippen molar-refractivity contribution in [2.45, 2.75) is 46.1 Å². The van der Waals surface area contributed by atoms with Gasteiger partial charge in [-0.3, -0.25) is 0 Å². The predicted octanol–water partition coefficient (Wildman–Crippen LogP) is 2.28. The lowest BCUT2D eigenvalue weighted by molar-refractivity contribution is 0.132. The van der Waals surface area contributed by atoms with Gasteiger partial charge in [-0.05, 0) is 78.3 Å². The van der Waals surface area contributed by atoms with Gasteiger partial charge in [-0.1, -0.05) is 13.8 Å². The fourth-order valence-electron chi connectivity index (χ4n) is 2.93. The molecule has 0 spiro atoms. The Labute approximate surface area is 120 Å². The predicted molar refractivity (Wildman–Crippen MR) is 84.6 cm³/mol.